The molecule has 0 unspecified atom stereocenters. The summed E-state index contributed by atoms with van der Waals surface area (Å²) in [5, 5.41) is 16.5. The molecule has 0 bridgehead atoms. The third-order valence-corrected chi connectivity index (χ3v) is 4.55. The maximum Gasteiger partial charge on any atom is 0.191 e. The van der Waals surface area contributed by atoms with Crippen molar-refractivity contribution in [1.29, 1.82) is 0 Å². The van der Waals surface area contributed by atoms with Gasteiger partial charge in [0.1, 0.15) is 17.2 Å². The van der Waals surface area contributed by atoms with Crippen LogP contribution in [-0.4, -0.2) is 31.8 Å². The molecule has 28 heavy (non-hydrogen) atoms. The van der Waals surface area contributed by atoms with E-state index in [-0.39, 0.29) is 29.7 Å². The van der Waals surface area contributed by atoms with E-state index < -0.39 is 0 Å². The number of nitrogens with zero attached hydrogens (tertiary/aromatic N) is 1. The lowest BCUT2D eigenvalue weighted by atomic mass is 10.2. The minimum Gasteiger partial charge on any atom is -0.508 e. The van der Waals surface area contributed by atoms with Crippen LogP contribution in [0.25, 0.3) is 0 Å². The first-order valence-electron chi connectivity index (χ1n) is 9.20. The molecule has 0 aromatic heterocycles. The molecule has 152 valence electrons. The van der Waals surface area contributed by atoms with Gasteiger partial charge in [0.05, 0.1) is 13.7 Å². The van der Waals surface area contributed by atoms with Crippen molar-refractivity contribution in [3.63, 3.8) is 0 Å². The Balaban J connectivity index is 0.00000280. The van der Waals surface area contributed by atoms with Crippen LogP contribution in [0.1, 0.15) is 24.0 Å². The molecule has 6 nitrogen and oxygen atoms in total. The Kier molecular flexibility index (Phi) is 8.69. The van der Waals surface area contributed by atoms with Crippen molar-refractivity contribution in [3.05, 3.63) is 53.6 Å². The molecule has 1 aliphatic rings. The van der Waals surface area contributed by atoms with E-state index in [1.807, 2.05) is 18.2 Å². The molecule has 1 saturated carbocycles. The van der Waals surface area contributed by atoms with Crippen LogP contribution in [0.15, 0.2) is 47.5 Å². The number of aromatic hydroxyl groups is 1. The molecular weight excluding hydrogens is 469 g/mol. The topological polar surface area (TPSA) is 75.1 Å². The Morgan fingerprint density at radius 2 is 1.82 bits per heavy atom. The molecule has 0 amide bonds. The van der Waals surface area contributed by atoms with E-state index in [1.165, 1.54) is 12.8 Å². The van der Waals surface area contributed by atoms with Crippen molar-refractivity contribution in [1.82, 2.24) is 10.6 Å². The van der Waals surface area contributed by atoms with Gasteiger partial charge in [-0.2, -0.15) is 0 Å². The van der Waals surface area contributed by atoms with Crippen LogP contribution in [-0.2, 0) is 13.1 Å². The predicted octanol–water partition coefficient (Wildman–Crippen LogP) is 3.67. The summed E-state index contributed by atoms with van der Waals surface area (Å²) in [4.78, 5) is 4.25. The van der Waals surface area contributed by atoms with Gasteiger partial charge >= 0.3 is 0 Å². The summed E-state index contributed by atoms with van der Waals surface area (Å²) < 4.78 is 11.2. The average Bonchev–Trinajstić information content (AvgIpc) is 3.53. The van der Waals surface area contributed by atoms with Gasteiger partial charge in [0, 0.05) is 31.3 Å². The van der Waals surface area contributed by atoms with Crippen molar-refractivity contribution in [2.24, 2.45) is 10.9 Å². The normalized spacial score (nSPS) is 13.4. The van der Waals surface area contributed by atoms with E-state index >= 15 is 0 Å². The van der Waals surface area contributed by atoms with Crippen molar-refractivity contribution < 1.29 is 14.6 Å². The van der Waals surface area contributed by atoms with Gasteiger partial charge in [-0.05, 0) is 43.0 Å². The second-order valence-corrected chi connectivity index (χ2v) is 6.64. The number of halogens is 1. The number of benzene rings is 2. The number of phenolic OH excluding ortho intramolecular Hbond substituents is 1. The largest absolute Gasteiger partial charge is 0.508 e. The molecule has 0 atom stereocenters. The Hall–Kier alpha value is -2.16. The zero-order valence-corrected chi connectivity index (χ0v) is 18.6. The number of aliphatic imine (C=N–C) groups is 1. The molecule has 3 N–H and O–H groups in total. The highest BCUT2D eigenvalue weighted by Gasteiger charge is 2.22. The van der Waals surface area contributed by atoms with Gasteiger partial charge in [0.25, 0.3) is 0 Å². The van der Waals surface area contributed by atoms with Gasteiger partial charge in [-0.25, -0.2) is 0 Å². The predicted molar refractivity (Wildman–Crippen MR) is 122 cm³/mol. The Bertz CT molecular complexity index is 794. The molecule has 0 radical (unpaired) electrons. The molecule has 0 heterocycles. The quantitative estimate of drug-likeness (QED) is 0.295. The summed E-state index contributed by atoms with van der Waals surface area (Å²) in [6, 6.07) is 13.2. The minimum absolute atomic E-state index is 0. The summed E-state index contributed by atoms with van der Waals surface area (Å²) in [5.74, 6) is 3.20. The van der Waals surface area contributed by atoms with Crippen molar-refractivity contribution in [2.45, 2.75) is 25.9 Å². The van der Waals surface area contributed by atoms with Crippen molar-refractivity contribution in [3.8, 4) is 17.2 Å². The van der Waals surface area contributed by atoms with Crippen LogP contribution in [0.3, 0.4) is 0 Å². The Morgan fingerprint density at radius 1 is 1.11 bits per heavy atom. The number of para-hydroxylation sites is 1. The number of methoxy groups -OCH3 is 1. The fourth-order valence-corrected chi connectivity index (χ4v) is 2.69. The first kappa shape index (κ1) is 22.1. The summed E-state index contributed by atoms with van der Waals surface area (Å²) in [6.45, 7) is 1.83. The number of hydrogen-bond donors (Lipinski definition) is 3. The number of nitrogens with one attached hydrogen (secondary N) is 2. The molecule has 3 rings (SSSR count). The Labute approximate surface area is 183 Å². The van der Waals surface area contributed by atoms with Crippen LogP contribution >= 0.6 is 24.0 Å². The SMILES string of the molecule is CN=C(NCc1cc(OC)ccc1O)NCc1ccccc1OCC1CC1.I. The standard InChI is InChI=1S/C21H27N3O3.HI/c1-22-21(24-13-17-11-18(26-2)9-10-19(17)25)23-12-16-5-3-4-6-20(16)27-14-15-7-8-15;/h3-6,9-11,15,25H,7-8,12-14H2,1-2H3,(H2,22,23,24);1H. The first-order chi connectivity index (χ1) is 13.2. The fourth-order valence-electron chi connectivity index (χ4n) is 2.69. The van der Waals surface area contributed by atoms with Gasteiger partial charge in [-0.1, -0.05) is 18.2 Å². The van der Waals surface area contributed by atoms with Crippen molar-refractivity contribution in [2.75, 3.05) is 20.8 Å². The van der Waals surface area contributed by atoms with Gasteiger partial charge < -0.3 is 25.2 Å². The van der Waals surface area contributed by atoms with Gasteiger partial charge in [0.15, 0.2) is 5.96 Å². The third kappa shape index (κ3) is 6.47. The smallest absolute Gasteiger partial charge is 0.191 e. The molecule has 1 fully saturated rings. The lowest BCUT2D eigenvalue weighted by Gasteiger charge is -2.15. The van der Waals surface area contributed by atoms with E-state index in [4.69, 9.17) is 9.47 Å². The van der Waals surface area contributed by atoms with E-state index in [0.29, 0.717) is 24.8 Å². The van der Waals surface area contributed by atoms with Crippen LogP contribution in [0.4, 0.5) is 0 Å². The summed E-state index contributed by atoms with van der Waals surface area (Å²) in [6.07, 6.45) is 2.54. The van der Waals surface area contributed by atoms with Crippen LogP contribution in [0.5, 0.6) is 17.2 Å². The number of guanidine groups is 1. The Morgan fingerprint density at radius 3 is 2.50 bits per heavy atom. The van der Waals surface area contributed by atoms with Gasteiger partial charge in [-0.3, -0.25) is 4.99 Å². The summed E-state index contributed by atoms with van der Waals surface area (Å²) >= 11 is 0. The van der Waals surface area contributed by atoms with Crippen molar-refractivity contribution >= 4 is 29.9 Å². The molecule has 7 heteroatoms. The van der Waals surface area contributed by atoms with Gasteiger partial charge in [0.2, 0.25) is 0 Å². The molecule has 2 aromatic carbocycles. The lowest BCUT2D eigenvalue weighted by Crippen LogP contribution is -2.36. The molecule has 0 spiro atoms. The maximum absolute atomic E-state index is 10.00. The number of hydrogen-bond acceptors (Lipinski definition) is 4. The van der Waals surface area contributed by atoms with Crippen LogP contribution < -0.4 is 20.1 Å². The highest BCUT2D eigenvalue weighted by atomic mass is 127. The minimum atomic E-state index is 0. The summed E-state index contributed by atoms with van der Waals surface area (Å²) in [7, 11) is 3.32. The second kappa shape index (κ2) is 11.0. The summed E-state index contributed by atoms with van der Waals surface area (Å²) in [5.41, 5.74) is 1.83. The molecule has 2 aromatic rings. The van der Waals surface area contributed by atoms with E-state index in [2.05, 4.69) is 21.7 Å². The average molecular weight is 497 g/mol. The highest BCUT2D eigenvalue weighted by molar-refractivity contribution is 14.0. The third-order valence-electron chi connectivity index (χ3n) is 4.55. The monoisotopic (exact) mass is 497 g/mol. The molecule has 0 aliphatic heterocycles. The molecule has 1 aliphatic carbocycles. The number of ether oxygens (including phenoxy) is 2. The molecular formula is C21H28IN3O3. The number of phenols is 1. The van der Waals surface area contributed by atoms with E-state index in [1.54, 1.807) is 32.4 Å². The zero-order valence-electron chi connectivity index (χ0n) is 16.3. The zero-order chi connectivity index (χ0) is 19.1. The lowest BCUT2D eigenvalue weighted by molar-refractivity contribution is 0.296. The molecule has 0 saturated heterocycles. The van der Waals surface area contributed by atoms with Crippen LogP contribution in [0.2, 0.25) is 0 Å². The van der Waals surface area contributed by atoms with Gasteiger partial charge in [-0.15, -0.1) is 24.0 Å². The fraction of sp³-hybridized carbons (Fsp3) is 0.381. The maximum atomic E-state index is 10.00. The highest BCUT2D eigenvalue weighted by Crippen LogP contribution is 2.30. The first-order valence-corrected chi connectivity index (χ1v) is 9.20. The van der Waals surface area contributed by atoms with E-state index in [0.717, 1.165) is 29.4 Å². The second-order valence-electron chi connectivity index (χ2n) is 6.64. The number of rotatable bonds is 8. The van der Waals surface area contributed by atoms with E-state index in [9.17, 15) is 5.11 Å². The van der Waals surface area contributed by atoms with Crippen LogP contribution in [0, 0.1) is 5.92 Å².